The molecule has 1 heteroatoms. The molecule has 0 spiro atoms. The Morgan fingerprint density at radius 1 is 1.12 bits per heavy atom. The first-order valence-electron chi connectivity index (χ1n) is 5.63. The highest BCUT2D eigenvalue weighted by Crippen LogP contribution is 2.29. The van der Waals surface area contributed by atoms with Crippen LogP contribution in [-0.2, 0) is 0 Å². The molecule has 16 heavy (non-hydrogen) atoms. The van der Waals surface area contributed by atoms with Gasteiger partial charge in [-0.15, -0.1) is 0 Å². The zero-order valence-electron chi connectivity index (χ0n) is 9.57. The van der Waals surface area contributed by atoms with Gasteiger partial charge in [0.2, 0.25) is 0 Å². The van der Waals surface area contributed by atoms with Gasteiger partial charge in [-0.05, 0) is 23.4 Å². The van der Waals surface area contributed by atoms with Crippen LogP contribution in [0.5, 0.6) is 5.75 Å². The van der Waals surface area contributed by atoms with Crippen molar-refractivity contribution in [3.8, 4) is 5.75 Å². The second kappa shape index (κ2) is 4.84. The Bertz CT molecular complexity index is 500. The monoisotopic (exact) mass is 212 g/mol. The standard InChI is InChI=1S/C15H16O/c1-3-11-16-15-10-9-12(4-2)13-7-5-6-8-14(13)15/h4-10H,2-3,11H2,1H3. The SMILES string of the molecule is C=Cc1ccc(OCCC)c2ccccc12. The van der Waals surface area contributed by atoms with Crippen LogP contribution in [0.1, 0.15) is 18.9 Å². The first-order chi connectivity index (χ1) is 7.86. The maximum atomic E-state index is 5.73. The van der Waals surface area contributed by atoms with Crippen molar-refractivity contribution < 1.29 is 4.74 Å². The third kappa shape index (κ3) is 1.94. The molecule has 2 aromatic carbocycles. The molecule has 0 radical (unpaired) electrons. The summed E-state index contributed by atoms with van der Waals surface area (Å²) in [6, 6.07) is 12.3. The maximum absolute atomic E-state index is 5.73. The van der Waals surface area contributed by atoms with E-state index in [1.807, 2.05) is 24.3 Å². The van der Waals surface area contributed by atoms with Gasteiger partial charge in [-0.25, -0.2) is 0 Å². The van der Waals surface area contributed by atoms with Crippen LogP contribution in [0, 0.1) is 0 Å². The first-order valence-corrected chi connectivity index (χ1v) is 5.63. The molecule has 0 heterocycles. The summed E-state index contributed by atoms with van der Waals surface area (Å²) in [4.78, 5) is 0. The maximum Gasteiger partial charge on any atom is 0.127 e. The van der Waals surface area contributed by atoms with E-state index in [1.165, 1.54) is 5.39 Å². The van der Waals surface area contributed by atoms with E-state index < -0.39 is 0 Å². The molecule has 0 N–H and O–H groups in total. The number of benzene rings is 2. The topological polar surface area (TPSA) is 9.23 Å². The van der Waals surface area contributed by atoms with Crippen LogP contribution in [0.2, 0.25) is 0 Å². The van der Waals surface area contributed by atoms with Crippen molar-refractivity contribution in [1.82, 2.24) is 0 Å². The quantitative estimate of drug-likeness (QED) is 0.735. The van der Waals surface area contributed by atoms with Gasteiger partial charge in [0.05, 0.1) is 6.61 Å². The van der Waals surface area contributed by atoms with Crippen molar-refractivity contribution in [3.05, 3.63) is 48.5 Å². The van der Waals surface area contributed by atoms with E-state index in [4.69, 9.17) is 4.74 Å². The number of fused-ring (bicyclic) bond motifs is 1. The zero-order valence-corrected chi connectivity index (χ0v) is 9.57. The normalized spacial score (nSPS) is 10.3. The van der Waals surface area contributed by atoms with Crippen molar-refractivity contribution in [3.63, 3.8) is 0 Å². The lowest BCUT2D eigenvalue weighted by atomic mass is 10.0. The van der Waals surface area contributed by atoms with Crippen LogP contribution in [0.25, 0.3) is 16.8 Å². The van der Waals surface area contributed by atoms with Gasteiger partial charge in [0.1, 0.15) is 5.75 Å². The third-order valence-electron chi connectivity index (χ3n) is 2.60. The minimum absolute atomic E-state index is 0.761. The smallest absolute Gasteiger partial charge is 0.127 e. The number of hydrogen-bond acceptors (Lipinski definition) is 1. The predicted molar refractivity (Wildman–Crippen MR) is 69.8 cm³/mol. The molecule has 0 saturated heterocycles. The summed E-state index contributed by atoms with van der Waals surface area (Å²) in [5.74, 6) is 0.961. The average molecular weight is 212 g/mol. The van der Waals surface area contributed by atoms with Gasteiger partial charge < -0.3 is 4.74 Å². The van der Waals surface area contributed by atoms with E-state index in [0.29, 0.717) is 0 Å². The van der Waals surface area contributed by atoms with Gasteiger partial charge in [-0.2, -0.15) is 0 Å². The lowest BCUT2D eigenvalue weighted by Crippen LogP contribution is -1.96. The van der Waals surface area contributed by atoms with E-state index >= 15 is 0 Å². The molecule has 0 saturated carbocycles. The van der Waals surface area contributed by atoms with E-state index in [-0.39, 0.29) is 0 Å². The van der Waals surface area contributed by atoms with Gasteiger partial charge in [0.15, 0.2) is 0 Å². The molecule has 0 aliphatic rings. The Kier molecular flexibility index (Phi) is 3.25. The lowest BCUT2D eigenvalue weighted by molar-refractivity contribution is 0.321. The minimum Gasteiger partial charge on any atom is -0.493 e. The van der Waals surface area contributed by atoms with Crippen LogP contribution in [0.3, 0.4) is 0 Å². The van der Waals surface area contributed by atoms with Gasteiger partial charge in [0.25, 0.3) is 0 Å². The Labute approximate surface area is 96.4 Å². The molecule has 0 amide bonds. The molecule has 2 rings (SSSR count). The van der Waals surface area contributed by atoms with Gasteiger partial charge in [-0.1, -0.05) is 49.9 Å². The summed E-state index contributed by atoms with van der Waals surface area (Å²) >= 11 is 0. The summed E-state index contributed by atoms with van der Waals surface area (Å²) in [5, 5.41) is 2.36. The van der Waals surface area contributed by atoms with E-state index in [0.717, 1.165) is 29.7 Å². The fourth-order valence-electron chi connectivity index (χ4n) is 1.81. The molecule has 82 valence electrons. The Hall–Kier alpha value is -1.76. The second-order valence-electron chi connectivity index (χ2n) is 3.75. The highest BCUT2D eigenvalue weighted by molar-refractivity contribution is 5.94. The summed E-state index contributed by atoms with van der Waals surface area (Å²) in [7, 11) is 0. The van der Waals surface area contributed by atoms with Crippen molar-refractivity contribution in [2.45, 2.75) is 13.3 Å². The molecule has 0 fully saturated rings. The molecule has 0 aliphatic carbocycles. The fourth-order valence-corrected chi connectivity index (χ4v) is 1.81. The van der Waals surface area contributed by atoms with Gasteiger partial charge in [-0.3, -0.25) is 0 Å². The minimum atomic E-state index is 0.761. The summed E-state index contributed by atoms with van der Waals surface area (Å²) in [6.45, 7) is 6.70. The van der Waals surface area contributed by atoms with Crippen LogP contribution in [-0.4, -0.2) is 6.61 Å². The second-order valence-corrected chi connectivity index (χ2v) is 3.75. The van der Waals surface area contributed by atoms with Gasteiger partial charge in [0, 0.05) is 5.39 Å². The Morgan fingerprint density at radius 2 is 1.88 bits per heavy atom. The molecule has 0 unspecified atom stereocenters. The van der Waals surface area contributed by atoms with E-state index in [9.17, 15) is 0 Å². The van der Waals surface area contributed by atoms with Crippen molar-refractivity contribution in [2.24, 2.45) is 0 Å². The molecule has 0 aliphatic heterocycles. The Morgan fingerprint density at radius 3 is 2.56 bits per heavy atom. The molecule has 2 aromatic rings. The van der Waals surface area contributed by atoms with Crippen molar-refractivity contribution in [1.29, 1.82) is 0 Å². The summed E-state index contributed by atoms with van der Waals surface area (Å²) in [6.07, 6.45) is 2.91. The lowest BCUT2D eigenvalue weighted by Gasteiger charge is -2.10. The van der Waals surface area contributed by atoms with Crippen molar-refractivity contribution >= 4 is 16.8 Å². The van der Waals surface area contributed by atoms with E-state index in [1.54, 1.807) is 0 Å². The molecule has 0 bridgehead atoms. The van der Waals surface area contributed by atoms with Crippen LogP contribution < -0.4 is 4.74 Å². The highest BCUT2D eigenvalue weighted by Gasteiger charge is 2.03. The third-order valence-corrected chi connectivity index (χ3v) is 2.60. The Balaban J connectivity index is 2.55. The van der Waals surface area contributed by atoms with Gasteiger partial charge >= 0.3 is 0 Å². The average Bonchev–Trinajstić information content (AvgIpc) is 2.36. The molecular formula is C15H16O. The van der Waals surface area contributed by atoms with Crippen LogP contribution in [0.15, 0.2) is 43.0 Å². The van der Waals surface area contributed by atoms with Crippen LogP contribution >= 0.6 is 0 Å². The molecule has 0 atom stereocenters. The molecular weight excluding hydrogens is 196 g/mol. The summed E-state index contributed by atoms with van der Waals surface area (Å²) in [5.41, 5.74) is 1.15. The summed E-state index contributed by atoms with van der Waals surface area (Å²) < 4.78 is 5.73. The number of ether oxygens (including phenoxy) is 1. The number of hydrogen-bond donors (Lipinski definition) is 0. The zero-order chi connectivity index (χ0) is 11.4. The van der Waals surface area contributed by atoms with E-state index in [2.05, 4.69) is 31.7 Å². The first kappa shape index (κ1) is 10.7. The van der Waals surface area contributed by atoms with Crippen LogP contribution in [0.4, 0.5) is 0 Å². The predicted octanol–water partition coefficient (Wildman–Crippen LogP) is 4.27. The number of rotatable bonds is 4. The largest absolute Gasteiger partial charge is 0.493 e. The highest BCUT2D eigenvalue weighted by atomic mass is 16.5. The fraction of sp³-hybridized carbons (Fsp3) is 0.200. The molecule has 1 nitrogen and oxygen atoms in total. The van der Waals surface area contributed by atoms with Crippen molar-refractivity contribution in [2.75, 3.05) is 6.61 Å². The molecule has 0 aromatic heterocycles.